The highest BCUT2D eigenvalue weighted by atomic mass is 16.5. The molecule has 46 heteroatoms. The number of para-hydroxylation sites is 2. The third-order valence-corrected chi connectivity index (χ3v) is 19.4. The number of H-pyrrole nitrogens is 1. The van der Waals surface area contributed by atoms with E-state index in [2.05, 4.69) is 70.4 Å². The zero-order valence-electron chi connectivity index (χ0n) is 69.0. The summed E-state index contributed by atoms with van der Waals surface area (Å²) in [6.07, 6.45) is -1.75. The third kappa shape index (κ3) is 36.2. The number of benzene rings is 2. The monoisotopic (exact) mass is 1750 g/mol. The number of carboxylic acids is 4. The summed E-state index contributed by atoms with van der Waals surface area (Å²) in [5, 5.41) is 81.6. The van der Waals surface area contributed by atoms with E-state index in [1.165, 1.54) is 24.3 Å². The Hall–Kier alpha value is -13.3. The van der Waals surface area contributed by atoms with Crippen molar-refractivity contribution in [3.05, 3.63) is 65.9 Å². The van der Waals surface area contributed by atoms with Crippen LogP contribution in [0.25, 0.3) is 10.9 Å². The van der Waals surface area contributed by atoms with E-state index < -0.39 is 273 Å². The number of primary amides is 1. The number of nitrogens with two attached hydrogens (primary N) is 4. The lowest BCUT2D eigenvalue weighted by atomic mass is 9.96. The van der Waals surface area contributed by atoms with Crippen LogP contribution in [-0.2, 0) is 107 Å². The molecule has 1 aromatic heterocycles. The van der Waals surface area contributed by atoms with Crippen LogP contribution in [0.15, 0.2) is 54.7 Å². The number of hydrogen-bond acceptors (Lipinski definition) is 26. The summed E-state index contributed by atoms with van der Waals surface area (Å²) in [5.41, 5.74) is 24.0. The van der Waals surface area contributed by atoms with Crippen LogP contribution in [0.3, 0.4) is 0 Å². The van der Waals surface area contributed by atoms with Crippen molar-refractivity contribution >= 4 is 141 Å². The molecule has 0 saturated carbocycles. The fraction of sp³-hybridized carbons (Fsp3) is 0.551. The maximum atomic E-state index is 15.0. The first-order valence-electron chi connectivity index (χ1n) is 40.2. The first-order valence-corrected chi connectivity index (χ1v) is 40.2. The van der Waals surface area contributed by atoms with Crippen molar-refractivity contribution in [2.24, 2.45) is 23.1 Å². The van der Waals surface area contributed by atoms with E-state index in [-0.39, 0.29) is 43.5 Å². The van der Waals surface area contributed by atoms with Gasteiger partial charge in [0.1, 0.15) is 72.6 Å². The van der Waals surface area contributed by atoms with Gasteiger partial charge in [-0.3, -0.25) is 95.9 Å². The largest absolute Gasteiger partial charge is 0.481 e. The number of aliphatic carboxylic acids is 4. The van der Waals surface area contributed by atoms with Gasteiger partial charge in [0.2, 0.25) is 88.6 Å². The third-order valence-electron chi connectivity index (χ3n) is 19.4. The van der Waals surface area contributed by atoms with Gasteiger partial charge in [-0.05, 0) is 82.2 Å². The van der Waals surface area contributed by atoms with Gasteiger partial charge in [0.25, 0.3) is 0 Å². The molecule has 124 heavy (non-hydrogen) atoms. The second kappa shape index (κ2) is 52.8. The number of aliphatic hydroxyl groups is 1. The second-order valence-electron chi connectivity index (χ2n) is 29.6. The van der Waals surface area contributed by atoms with Crippen molar-refractivity contribution in [2.45, 2.75) is 235 Å². The Balaban J connectivity index is 1.92. The van der Waals surface area contributed by atoms with E-state index in [0.717, 1.165) is 52.9 Å². The summed E-state index contributed by atoms with van der Waals surface area (Å²) in [6, 6.07) is -12.1. The molecule has 1 saturated heterocycles. The van der Waals surface area contributed by atoms with Gasteiger partial charge < -0.3 is 133 Å². The Bertz CT molecular complexity index is 4310. The number of aliphatic hydroxyl groups excluding tert-OH is 1. The van der Waals surface area contributed by atoms with Crippen molar-refractivity contribution in [1.82, 2.24) is 79.4 Å². The summed E-state index contributed by atoms with van der Waals surface area (Å²) in [7, 11) is 0. The molecule has 1 aliphatic heterocycles. The second-order valence-corrected chi connectivity index (χ2v) is 29.6. The number of hydrogen-bond donors (Lipinski definition) is 24. The number of unbranched alkanes of at least 4 members (excludes halogenated alkanes) is 7. The summed E-state index contributed by atoms with van der Waals surface area (Å²) < 4.78 is 5.72. The van der Waals surface area contributed by atoms with E-state index in [0.29, 0.717) is 48.7 Å². The first kappa shape index (κ1) is 103. The fourth-order valence-electron chi connectivity index (χ4n) is 12.7. The van der Waals surface area contributed by atoms with Crippen molar-refractivity contribution in [3.8, 4) is 0 Å². The van der Waals surface area contributed by atoms with Crippen molar-refractivity contribution < 1.29 is 131 Å². The number of ether oxygens (including phenoxy) is 1. The molecule has 1 fully saturated rings. The Morgan fingerprint density at radius 3 is 1.72 bits per heavy atom. The van der Waals surface area contributed by atoms with Crippen molar-refractivity contribution in [1.29, 1.82) is 0 Å². The molecule has 2 heterocycles. The molecule has 14 unspecified atom stereocenters. The average Bonchev–Trinajstić information content (AvgIpc) is 1.72. The van der Waals surface area contributed by atoms with Crippen LogP contribution in [0.5, 0.6) is 0 Å². The number of nitrogens with one attached hydrogen (secondary N) is 15. The number of aromatic nitrogens is 1. The van der Waals surface area contributed by atoms with Gasteiger partial charge in [-0.15, -0.1) is 0 Å². The maximum absolute atomic E-state index is 15.0. The lowest BCUT2D eigenvalue weighted by molar-refractivity contribution is -0.156. The molecule has 0 aliphatic carbocycles. The van der Waals surface area contributed by atoms with Gasteiger partial charge in [-0.2, -0.15) is 0 Å². The number of nitrogen functional groups attached to an aromatic ring is 1. The summed E-state index contributed by atoms with van der Waals surface area (Å²) in [6.45, 7) is 1.16. The Labute approximate surface area is 710 Å². The van der Waals surface area contributed by atoms with E-state index in [4.69, 9.17) is 27.7 Å². The van der Waals surface area contributed by atoms with Gasteiger partial charge in [-0.1, -0.05) is 89.1 Å². The summed E-state index contributed by atoms with van der Waals surface area (Å²) in [5.74, 6) is -30.9. The summed E-state index contributed by atoms with van der Waals surface area (Å²) >= 11 is 0. The number of amides is 15. The van der Waals surface area contributed by atoms with Gasteiger partial charge in [0.15, 0.2) is 5.78 Å². The smallest absolute Gasteiger partial charge is 0.329 e. The molecule has 0 bridgehead atoms. The topological polar surface area (TPSA) is 757 Å². The molecule has 28 N–H and O–H groups in total. The zero-order valence-corrected chi connectivity index (χ0v) is 69.0. The van der Waals surface area contributed by atoms with Crippen LogP contribution in [0.1, 0.15) is 166 Å². The van der Waals surface area contributed by atoms with E-state index in [1.807, 2.05) is 16.0 Å². The minimum Gasteiger partial charge on any atom is -0.481 e. The molecule has 15 amide bonds. The van der Waals surface area contributed by atoms with Crippen LogP contribution in [0.2, 0.25) is 0 Å². The number of anilines is 1. The number of carbonyl (C=O) groups is 21. The highest BCUT2D eigenvalue weighted by molar-refractivity contribution is 6.05. The number of fused-ring (bicyclic) bond motifs is 1. The van der Waals surface area contributed by atoms with Crippen LogP contribution in [0, 0.1) is 5.92 Å². The van der Waals surface area contributed by atoms with E-state index in [9.17, 15) is 126 Å². The number of carbonyl (C=O) groups excluding carboxylic acids is 17. The Morgan fingerprint density at radius 1 is 0.548 bits per heavy atom. The van der Waals surface area contributed by atoms with Crippen LogP contribution < -0.4 is 97.4 Å². The quantitative estimate of drug-likeness (QED) is 0.0109. The molecule has 3 aromatic rings. The minimum absolute atomic E-state index is 0.0311. The Morgan fingerprint density at radius 2 is 1.10 bits per heavy atom. The number of aromatic amines is 1. The van der Waals surface area contributed by atoms with Crippen molar-refractivity contribution in [2.75, 3.05) is 38.5 Å². The van der Waals surface area contributed by atoms with Gasteiger partial charge in [-0.25, -0.2) is 4.79 Å². The van der Waals surface area contributed by atoms with Gasteiger partial charge >= 0.3 is 29.8 Å². The van der Waals surface area contributed by atoms with Gasteiger partial charge in [0, 0.05) is 54.2 Å². The molecule has 4 rings (SSSR count). The lowest BCUT2D eigenvalue weighted by Crippen LogP contribution is -2.62. The average molecular weight is 1750 g/mol. The number of ketones is 1. The normalized spacial score (nSPS) is 20.7. The van der Waals surface area contributed by atoms with Crippen LogP contribution in [-0.4, -0.2) is 266 Å². The molecule has 682 valence electrons. The number of esters is 1. The molecule has 14 atom stereocenters. The molecule has 46 nitrogen and oxygen atoms in total. The molecule has 0 spiro atoms. The first-order chi connectivity index (χ1) is 58.7. The molecule has 2 aromatic carbocycles. The number of rotatable bonds is 41. The number of cyclic esters (lactones) is 1. The lowest BCUT2D eigenvalue weighted by Gasteiger charge is -2.30. The fourth-order valence-corrected chi connectivity index (χ4v) is 12.7. The van der Waals surface area contributed by atoms with Gasteiger partial charge in [0.05, 0.1) is 57.8 Å². The van der Waals surface area contributed by atoms with E-state index in [1.54, 1.807) is 30.5 Å². The molecular weight excluding hydrogens is 1630 g/mol. The molecule has 0 radical (unpaired) electrons. The standard InChI is InChI=1S/C78H113N19O27/c1-5-6-7-8-9-10-11-25-58(101)89-49(29-42-35-84-47-23-15-13-19-43(42)47)72(117)92-50(31-57(82)100)73(118)94-53(34-64(110)111)74(119)97-66-41(4)124-78(123)54(30-56(99)44-20-12-14-21-45(44)80)95-77(122)65(39(2)28-61(104)105)96-75(120)55(38-98)90-60(103)36-85-69(114)51(32-62(106)107)91-67(112)40(3)87-71(116)52(33-63(108)109)93-70(115)48(88-59(102)37-86-76(66)121)24-18-27-83-68(113)46(81)22-16-17-26-79/h12-15,19-21,23,35,39-41,46,48-55,65-66,84,98H,5-11,16-18,22,24-34,36-38,79-81H2,1-4H3,(H2,82,100)(H,83,113)(H,85,114)(H,86,121)(H,87,116)(H,88,102)(H,89,101)(H,90,103)(H,91,112)(H,92,117)(H,93,115)(H,94,118)(H,95,122)(H,96,120)(H,97,119)(H,104,105)(H,106,107)(H,108,109)(H,110,111). The molecular formula is C78H113N19O27. The SMILES string of the molecule is CCCCCCCCCC(=O)NC(Cc1c[nH]c2ccccc12)C(=O)NC(CC(N)=O)C(=O)NC(CC(=O)O)C(=O)NC1C(=O)NCC(=O)NC(CCCNC(=O)C(N)CCCCN)C(=O)NC(CC(=O)O)C(=O)NC(C)C(=O)NC(CC(=O)O)C(=O)NCC(=O)NC(CO)C(=O)NC(C(C)CC(=O)O)C(=O)NC(CC(=O)c2ccccc2N)C(=O)OC1C. The number of carboxylic acid groups (broad SMARTS) is 4. The molecule has 1 aliphatic rings. The minimum atomic E-state index is -2.50. The maximum Gasteiger partial charge on any atom is 0.329 e. The predicted octanol–water partition coefficient (Wildman–Crippen LogP) is -6.01. The zero-order chi connectivity index (χ0) is 92.4. The van der Waals surface area contributed by atoms with Crippen LogP contribution >= 0.6 is 0 Å². The summed E-state index contributed by atoms with van der Waals surface area (Å²) in [4.78, 5) is 292. The predicted molar refractivity (Wildman–Crippen MR) is 435 cm³/mol. The highest BCUT2D eigenvalue weighted by Crippen LogP contribution is 2.22. The highest BCUT2D eigenvalue weighted by Gasteiger charge is 2.41. The Kier molecular flexibility index (Phi) is 43.9. The van der Waals surface area contributed by atoms with Crippen LogP contribution in [0.4, 0.5) is 5.69 Å². The number of Topliss-reactive ketones (excluding diaryl/α,β-unsaturated/α-hetero) is 1. The van der Waals surface area contributed by atoms with Crippen molar-refractivity contribution in [3.63, 3.8) is 0 Å². The van der Waals surface area contributed by atoms with E-state index >= 15 is 0 Å².